The van der Waals surface area contributed by atoms with Gasteiger partial charge in [-0.25, -0.2) is 9.37 Å². The summed E-state index contributed by atoms with van der Waals surface area (Å²) in [6.45, 7) is 4.69. The average Bonchev–Trinajstić information content (AvgIpc) is 3.09. The first-order valence-corrected chi connectivity index (χ1v) is 10.4. The number of benzene rings is 2. The highest BCUT2D eigenvalue weighted by Crippen LogP contribution is 2.15. The third-order valence-corrected chi connectivity index (χ3v) is 4.94. The van der Waals surface area contributed by atoms with Gasteiger partial charge in [0.05, 0.1) is 17.5 Å². The molecule has 1 heterocycles. The molecule has 0 aliphatic heterocycles. The Morgan fingerprint density at radius 2 is 1.74 bits per heavy atom. The van der Waals surface area contributed by atoms with Gasteiger partial charge in [0.2, 0.25) is 5.91 Å². The molecule has 3 aromatic rings. The zero-order chi connectivity index (χ0) is 22.1. The number of aromatic nitrogens is 2. The maximum absolute atomic E-state index is 12.9. The molecule has 0 saturated carbocycles. The van der Waals surface area contributed by atoms with E-state index in [1.54, 1.807) is 19.2 Å². The number of hydrogen-bond acceptors (Lipinski definition) is 3. The van der Waals surface area contributed by atoms with Crippen molar-refractivity contribution < 1.29 is 9.18 Å². The predicted octanol–water partition coefficient (Wildman–Crippen LogP) is 2.40. The maximum atomic E-state index is 12.9. The van der Waals surface area contributed by atoms with Gasteiger partial charge >= 0.3 is 0 Å². The van der Waals surface area contributed by atoms with Gasteiger partial charge < -0.3 is 20.5 Å². The summed E-state index contributed by atoms with van der Waals surface area (Å²) in [6.07, 6.45) is 1.16. The lowest BCUT2D eigenvalue weighted by Gasteiger charge is -2.13. The van der Waals surface area contributed by atoms with Crippen LogP contribution in [0.15, 0.2) is 53.5 Å². The van der Waals surface area contributed by atoms with Gasteiger partial charge in [-0.2, -0.15) is 0 Å². The highest BCUT2D eigenvalue weighted by atomic mass is 19.1. The zero-order valence-electron chi connectivity index (χ0n) is 18.0. The van der Waals surface area contributed by atoms with Crippen molar-refractivity contribution >= 4 is 22.9 Å². The monoisotopic (exact) mass is 424 g/mol. The van der Waals surface area contributed by atoms with E-state index in [2.05, 4.69) is 36.6 Å². The second kappa shape index (κ2) is 11.1. The summed E-state index contributed by atoms with van der Waals surface area (Å²) in [5.41, 5.74) is 2.95. The van der Waals surface area contributed by atoms with Crippen molar-refractivity contribution in [2.75, 3.05) is 26.7 Å². The Morgan fingerprint density at radius 1 is 1.03 bits per heavy atom. The van der Waals surface area contributed by atoms with Crippen molar-refractivity contribution in [2.45, 2.75) is 26.3 Å². The van der Waals surface area contributed by atoms with Crippen molar-refractivity contribution in [1.82, 2.24) is 25.5 Å². The molecule has 164 valence electrons. The number of carbonyl (C=O) groups is 1. The smallest absolute Gasteiger partial charge is 0.224 e. The summed E-state index contributed by atoms with van der Waals surface area (Å²) >= 11 is 0. The Hall–Kier alpha value is -3.42. The number of imidazole rings is 1. The first-order valence-electron chi connectivity index (χ1n) is 10.4. The minimum absolute atomic E-state index is 0.0979. The fourth-order valence-electron chi connectivity index (χ4n) is 3.38. The number of para-hydroxylation sites is 2. The lowest BCUT2D eigenvalue weighted by molar-refractivity contribution is -0.120. The van der Waals surface area contributed by atoms with Crippen molar-refractivity contribution in [3.8, 4) is 0 Å². The Kier molecular flexibility index (Phi) is 7.98. The average molecular weight is 425 g/mol. The minimum atomic E-state index is -0.305. The first-order chi connectivity index (χ1) is 15.1. The maximum Gasteiger partial charge on any atom is 0.224 e. The third kappa shape index (κ3) is 6.53. The third-order valence-electron chi connectivity index (χ3n) is 4.94. The number of carbonyl (C=O) groups excluding carboxylic acids is 1. The molecule has 0 aliphatic carbocycles. The summed E-state index contributed by atoms with van der Waals surface area (Å²) in [7, 11) is 1.72. The van der Waals surface area contributed by atoms with E-state index in [0.29, 0.717) is 19.0 Å². The molecule has 0 saturated heterocycles. The van der Waals surface area contributed by atoms with E-state index >= 15 is 0 Å². The molecule has 0 fully saturated rings. The van der Waals surface area contributed by atoms with E-state index < -0.39 is 0 Å². The van der Waals surface area contributed by atoms with E-state index in [0.717, 1.165) is 41.9 Å². The molecule has 1 amide bonds. The predicted molar refractivity (Wildman–Crippen MR) is 122 cm³/mol. The van der Waals surface area contributed by atoms with Crippen LogP contribution < -0.4 is 16.0 Å². The highest BCUT2D eigenvalue weighted by molar-refractivity contribution is 5.80. The van der Waals surface area contributed by atoms with Gasteiger partial charge in [-0.05, 0) is 43.2 Å². The molecule has 1 aromatic heterocycles. The topological polar surface area (TPSA) is 83.3 Å². The molecule has 0 radical (unpaired) electrons. The molecule has 2 aromatic carbocycles. The summed E-state index contributed by atoms with van der Waals surface area (Å²) in [5, 5.41) is 9.32. The summed E-state index contributed by atoms with van der Waals surface area (Å²) in [6, 6.07) is 14.1. The van der Waals surface area contributed by atoms with Crippen LogP contribution in [0.5, 0.6) is 0 Å². The van der Waals surface area contributed by atoms with Crippen molar-refractivity contribution in [3.63, 3.8) is 0 Å². The summed E-state index contributed by atoms with van der Waals surface area (Å²) in [5.74, 6) is 1.31. The van der Waals surface area contributed by atoms with Crippen molar-refractivity contribution in [1.29, 1.82) is 0 Å². The quantitative estimate of drug-likeness (QED) is 0.280. The molecular formula is C23H29FN6O. The number of nitrogens with zero attached hydrogens (tertiary/aromatic N) is 3. The normalized spacial score (nSPS) is 11.5. The van der Waals surface area contributed by atoms with Gasteiger partial charge in [-0.1, -0.05) is 24.3 Å². The fraction of sp³-hybridized carbons (Fsp3) is 0.348. The van der Waals surface area contributed by atoms with E-state index in [1.807, 2.05) is 25.1 Å². The highest BCUT2D eigenvalue weighted by Gasteiger charge is 2.06. The van der Waals surface area contributed by atoms with Crippen LogP contribution in [-0.2, 0) is 17.8 Å². The summed E-state index contributed by atoms with van der Waals surface area (Å²) < 4.78 is 15.1. The SMILES string of the molecule is CN=C(NCCCn1c(C)nc2ccccc21)NCCNC(=O)Cc1ccc(F)cc1. The molecule has 3 N–H and O–H groups in total. The molecule has 31 heavy (non-hydrogen) atoms. The largest absolute Gasteiger partial charge is 0.356 e. The van der Waals surface area contributed by atoms with E-state index in [4.69, 9.17) is 0 Å². The lowest BCUT2D eigenvalue weighted by atomic mass is 10.1. The second-order valence-corrected chi connectivity index (χ2v) is 7.23. The Balaban J connectivity index is 1.33. The lowest BCUT2D eigenvalue weighted by Crippen LogP contribution is -2.42. The van der Waals surface area contributed by atoms with E-state index in [1.165, 1.54) is 12.1 Å². The molecule has 0 bridgehead atoms. The molecule has 7 nitrogen and oxygen atoms in total. The number of rotatable bonds is 9. The number of aryl methyl sites for hydroxylation is 2. The number of halogens is 1. The number of aliphatic imine (C=N–C) groups is 1. The van der Waals surface area contributed by atoms with Gasteiger partial charge in [0.25, 0.3) is 0 Å². The molecule has 0 spiro atoms. The Bertz CT molecular complexity index is 1030. The van der Waals surface area contributed by atoms with E-state index in [9.17, 15) is 9.18 Å². The van der Waals surface area contributed by atoms with Crippen LogP contribution >= 0.6 is 0 Å². The molecule has 3 rings (SSSR count). The number of guanidine groups is 1. The standard InChI is InChI=1S/C23H29FN6O/c1-17-29-20-6-3-4-7-21(20)30(17)15-5-12-27-23(25-2)28-14-13-26-22(31)16-18-8-10-19(24)11-9-18/h3-4,6-11H,5,12-16H2,1-2H3,(H,26,31)(H2,25,27,28). The van der Waals surface area contributed by atoms with Gasteiger partial charge in [0.15, 0.2) is 5.96 Å². The van der Waals surface area contributed by atoms with Gasteiger partial charge in [-0.3, -0.25) is 9.79 Å². The van der Waals surface area contributed by atoms with Crippen LogP contribution in [0.25, 0.3) is 11.0 Å². The fourth-order valence-corrected chi connectivity index (χ4v) is 3.38. The van der Waals surface area contributed by atoms with Gasteiger partial charge in [-0.15, -0.1) is 0 Å². The van der Waals surface area contributed by atoms with E-state index in [-0.39, 0.29) is 18.1 Å². The Labute approximate surface area is 181 Å². The van der Waals surface area contributed by atoms with Gasteiger partial charge in [0.1, 0.15) is 11.6 Å². The second-order valence-electron chi connectivity index (χ2n) is 7.23. The van der Waals surface area contributed by atoms with Crippen LogP contribution in [0.1, 0.15) is 17.8 Å². The number of nitrogens with one attached hydrogen (secondary N) is 3. The molecule has 0 aliphatic rings. The number of fused-ring (bicyclic) bond motifs is 1. The number of amides is 1. The van der Waals surface area contributed by atoms with Crippen LogP contribution in [0.3, 0.4) is 0 Å². The van der Waals surface area contributed by atoms with Crippen LogP contribution in [0.4, 0.5) is 4.39 Å². The molecule has 8 heteroatoms. The molecular weight excluding hydrogens is 395 g/mol. The van der Waals surface area contributed by atoms with Crippen molar-refractivity contribution in [3.05, 3.63) is 65.7 Å². The van der Waals surface area contributed by atoms with Crippen LogP contribution in [-0.4, -0.2) is 48.1 Å². The number of hydrogen-bond donors (Lipinski definition) is 3. The van der Waals surface area contributed by atoms with Gasteiger partial charge in [0, 0.05) is 33.2 Å². The Morgan fingerprint density at radius 3 is 2.52 bits per heavy atom. The van der Waals surface area contributed by atoms with Crippen LogP contribution in [0, 0.1) is 12.7 Å². The molecule has 0 atom stereocenters. The van der Waals surface area contributed by atoms with Crippen molar-refractivity contribution in [2.24, 2.45) is 4.99 Å². The zero-order valence-corrected chi connectivity index (χ0v) is 18.0. The minimum Gasteiger partial charge on any atom is -0.356 e. The first kappa shape index (κ1) is 22.3. The molecule has 0 unspecified atom stereocenters. The summed E-state index contributed by atoms with van der Waals surface area (Å²) in [4.78, 5) is 20.8. The van der Waals surface area contributed by atoms with Crippen LogP contribution in [0.2, 0.25) is 0 Å².